The van der Waals surface area contributed by atoms with E-state index < -0.39 is 17.8 Å². The van der Waals surface area contributed by atoms with E-state index >= 15 is 0 Å². The topological polar surface area (TPSA) is 63.0 Å². The highest BCUT2D eigenvalue weighted by molar-refractivity contribution is 6.04. The van der Waals surface area contributed by atoms with Crippen molar-refractivity contribution in [3.63, 3.8) is 0 Å². The first kappa shape index (κ1) is 21.8. The van der Waals surface area contributed by atoms with E-state index in [0.29, 0.717) is 12.5 Å². The van der Waals surface area contributed by atoms with Crippen molar-refractivity contribution in [1.82, 2.24) is 19.4 Å². The molecule has 0 bridgehead atoms. The van der Waals surface area contributed by atoms with Crippen molar-refractivity contribution in [2.24, 2.45) is 0 Å². The molecule has 0 saturated carbocycles. The Balaban J connectivity index is 1.89. The first-order valence-electron chi connectivity index (χ1n) is 9.78. The SMILES string of the molecule is CCN(CC)CCn1c(NC(=O)c2ccc(C(F)(F)F)nc2C)nc2ccccc21. The summed E-state index contributed by atoms with van der Waals surface area (Å²) in [4.78, 5) is 23.1. The highest BCUT2D eigenvalue weighted by Gasteiger charge is 2.33. The van der Waals surface area contributed by atoms with Crippen molar-refractivity contribution in [3.8, 4) is 0 Å². The molecule has 0 spiro atoms. The zero-order chi connectivity index (χ0) is 21.9. The van der Waals surface area contributed by atoms with Crippen molar-refractivity contribution in [2.75, 3.05) is 25.0 Å². The van der Waals surface area contributed by atoms with E-state index in [4.69, 9.17) is 0 Å². The predicted molar refractivity (Wildman–Crippen MR) is 109 cm³/mol. The molecule has 30 heavy (non-hydrogen) atoms. The van der Waals surface area contributed by atoms with Crippen LogP contribution in [0.1, 0.15) is 35.6 Å². The summed E-state index contributed by atoms with van der Waals surface area (Å²) in [6.07, 6.45) is -4.56. The summed E-state index contributed by atoms with van der Waals surface area (Å²) in [7, 11) is 0. The molecular weight excluding hydrogens is 395 g/mol. The van der Waals surface area contributed by atoms with Crippen LogP contribution in [-0.2, 0) is 12.7 Å². The number of imidazole rings is 1. The fraction of sp³-hybridized carbons (Fsp3) is 0.381. The molecule has 0 fully saturated rings. The molecule has 2 heterocycles. The number of para-hydroxylation sites is 2. The Bertz CT molecular complexity index is 1040. The molecule has 0 aliphatic carbocycles. The molecule has 3 rings (SSSR count). The van der Waals surface area contributed by atoms with E-state index in [1.807, 2.05) is 28.8 Å². The summed E-state index contributed by atoms with van der Waals surface area (Å²) in [5.74, 6) is -0.194. The minimum Gasteiger partial charge on any atom is -0.309 e. The Morgan fingerprint density at radius 1 is 1.10 bits per heavy atom. The number of hydrogen-bond donors (Lipinski definition) is 1. The van der Waals surface area contributed by atoms with E-state index in [2.05, 4.69) is 34.0 Å². The number of amides is 1. The fourth-order valence-electron chi connectivity index (χ4n) is 3.31. The highest BCUT2D eigenvalue weighted by Crippen LogP contribution is 2.28. The lowest BCUT2D eigenvalue weighted by atomic mass is 10.1. The van der Waals surface area contributed by atoms with Crippen LogP contribution in [0, 0.1) is 6.92 Å². The maximum atomic E-state index is 12.8. The first-order valence-corrected chi connectivity index (χ1v) is 9.78. The normalized spacial score (nSPS) is 12.0. The molecule has 1 aromatic carbocycles. The molecule has 0 saturated heterocycles. The molecule has 3 aromatic rings. The maximum Gasteiger partial charge on any atom is 0.433 e. The van der Waals surface area contributed by atoms with Gasteiger partial charge >= 0.3 is 6.18 Å². The van der Waals surface area contributed by atoms with Crippen molar-refractivity contribution >= 4 is 22.9 Å². The van der Waals surface area contributed by atoms with Crippen LogP contribution in [0.3, 0.4) is 0 Å². The van der Waals surface area contributed by atoms with Crippen LogP contribution in [0.25, 0.3) is 11.0 Å². The maximum absolute atomic E-state index is 12.8. The molecule has 0 aliphatic rings. The van der Waals surface area contributed by atoms with Gasteiger partial charge in [-0.25, -0.2) is 9.97 Å². The lowest BCUT2D eigenvalue weighted by molar-refractivity contribution is -0.141. The summed E-state index contributed by atoms with van der Waals surface area (Å²) < 4.78 is 40.5. The van der Waals surface area contributed by atoms with Gasteiger partial charge < -0.3 is 9.47 Å². The third kappa shape index (κ3) is 4.62. The fourth-order valence-corrected chi connectivity index (χ4v) is 3.31. The number of aryl methyl sites for hydroxylation is 1. The van der Waals surface area contributed by atoms with E-state index in [9.17, 15) is 18.0 Å². The number of halogens is 3. The molecule has 0 unspecified atom stereocenters. The second-order valence-electron chi connectivity index (χ2n) is 6.88. The number of anilines is 1. The monoisotopic (exact) mass is 419 g/mol. The average molecular weight is 419 g/mol. The third-order valence-electron chi connectivity index (χ3n) is 5.04. The van der Waals surface area contributed by atoms with Crippen LogP contribution in [0.5, 0.6) is 0 Å². The van der Waals surface area contributed by atoms with Crippen LogP contribution in [0.4, 0.5) is 19.1 Å². The zero-order valence-corrected chi connectivity index (χ0v) is 17.1. The molecule has 0 radical (unpaired) electrons. The van der Waals surface area contributed by atoms with E-state index in [1.165, 1.54) is 6.92 Å². The third-order valence-corrected chi connectivity index (χ3v) is 5.04. The Morgan fingerprint density at radius 2 is 1.80 bits per heavy atom. The zero-order valence-electron chi connectivity index (χ0n) is 17.1. The summed E-state index contributed by atoms with van der Waals surface area (Å²) in [6.45, 7) is 8.74. The van der Waals surface area contributed by atoms with E-state index in [0.717, 1.165) is 42.8 Å². The van der Waals surface area contributed by atoms with Gasteiger partial charge in [-0.3, -0.25) is 10.1 Å². The number of nitrogens with one attached hydrogen (secondary N) is 1. The van der Waals surface area contributed by atoms with E-state index in [1.54, 1.807) is 0 Å². The lowest BCUT2D eigenvalue weighted by Crippen LogP contribution is -2.28. The highest BCUT2D eigenvalue weighted by atomic mass is 19.4. The van der Waals surface area contributed by atoms with Crippen LogP contribution >= 0.6 is 0 Å². The summed E-state index contributed by atoms with van der Waals surface area (Å²) in [6, 6.07) is 9.48. The minimum absolute atomic E-state index is 0.00753. The summed E-state index contributed by atoms with van der Waals surface area (Å²) in [5.41, 5.74) is 0.665. The minimum atomic E-state index is -4.56. The Kier molecular flexibility index (Phi) is 6.40. The van der Waals surface area contributed by atoms with Crippen molar-refractivity contribution in [2.45, 2.75) is 33.5 Å². The van der Waals surface area contributed by atoms with Gasteiger partial charge in [-0.05, 0) is 44.3 Å². The number of rotatable bonds is 7. The van der Waals surface area contributed by atoms with Crippen molar-refractivity contribution in [1.29, 1.82) is 0 Å². The molecule has 2 aromatic heterocycles. The van der Waals surface area contributed by atoms with Crippen LogP contribution in [-0.4, -0.2) is 45.0 Å². The van der Waals surface area contributed by atoms with Crippen molar-refractivity contribution < 1.29 is 18.0 Å². The quantitative estimate of drug-likeness (QED) is 0.618. The predicted octanol–water partition coefficient (Wildman–Crippen LogP) is 4.35. The van der Waals surface area contributed by atoms with E-state index in [-0.39, 0.29) is 11.3 Å². The molecular formula is C21H24F3N5O. The molecule has 9 heteroatoms. The number of carbonyl (C=O) groups is 1. The molecule has 160 valence electrons. The lowest BCUT2D eigenvalue weighted by Gasteiger charge is -2.19. The van der Waals surface area contributed by atoms with Gasteiger partial charge in [0.2, 0.25) is 5.95 Å². The second kappa shape index (κ2) is 8.83. The number of likely N-dealkylation sites (N-methyl/N-ethyl adjacent to an activating group) is 1. The number of fused-ring (bicyclic) bond motifs is 1. The van der Waals surface area contributed by atoms with Crippen LogP contribution < -0.4 is 5.32 Å². The number of nitrogens with zero attached hydrogens (tertiary/aromatic N) is 4. The first-order chi connectivity index (χ1) is 14.2. The van der Waals surface area contributed by atoms with Gasteiger partial charge in [0.15, 0.2) is 0 Å². The number of carbonyl (C=O) groups excluding carboxylic acids is 1. The van der Waals surface area contributed by atoms with Gasteiger partial charge in [0.05, 0.1) is 22.3 Å². The van der Waals surface area contributed by atoms with Crippen molar-refractivity contribution in [3.05, 3.63) is 53.3 Å². The van der Waals surface area contributed by atoms with Crippen LogP contribution in [0.15, 0.2) is 36.4 Å². The second-order valence-corrected chi connectivity index (χ2v) is 6.88. The van der Waals surface area contributed by atoms with Gasteiger partial charge in [0, 0.05) is 13.1 Å². The molecule has 0 atom stereocenters. The standard InChI is InChI=1S/C21H24F3N5O/c1-4-28(5-2)12-13-29-17-9-7-6-8-16(17)26-20(29)27-19(30)15-10-11-18(21(22,23)24)25-14(15)3/h6-11H,4-5,12-13H2,1-3H3,(H,26,27,30). The Morgan fingerprint density at radius 3 is 2.43 bits per heavy atom. The number of pyridine rings is 1. The Hall–Kier alpha value is -2.94. The number of benzene rings is 1. The number of aromatic nitrogens is 3. The smallest absolute Gasteiger partial charge is 0.309 e. The molecule has 6 nitrogen and oxygen atoms in total. The van der Waals surface area contributed by atoms with Gasteiger partial charge in [-0.15, -0.1) is 0 Å². The average Bonchev–Trinajstić information content (AvgIpc) is 3.05. The number of hydrogen-bond acceptors (Lipinski definition) is 4. The van der Waals surface area contributed by atoms with Crippen LogP contribution in [0.2, 0.25) is 0 Å². The molecule has 0 aliphatic heterocycles. The van der Waals surface area contributed by atoms with Gasteiger partial charge in [0.25, 0.3) is 5.91 Å². The summed E-state index contributed by atoms with van der Waals surface area (Å²) >= 11 is 0. The van der Waals surface area contributed by atoms with Gasteiger partial charge in [0.1, 0.15) is 5.69 Å². The largest absolute Gasteiger partial charge is 0.433 e. The van der Waals surface area contributed by atoms with Gasteiger partial charge in [-0.1, -0.05) is 26.0 Å². The van der Waals surface area contributed by atoms with Gasteiger partial charge in [-0.2, -0.15) is 13.2 Å². The molecule has 1 N–H and O–H groups in total. The number of alkyl halides is 3. The molecule has 1 amide bonds. The summed E-state index contributed by atoms with van der Waals surface area (Å²) in [5, 5.41) is 2.75. The Labute approximate surface area is 172 Å².